The number of ether oxygens (including phenoxy) is 1. The molecule has 3 heteroatoms. The molecule has 74 valence electrons. The maximum atomic E-state index is 9.50. The van der Waals surface area contributed by atoms with E-state index in [2.05, 4.69) is 4.99 Å². The molecule has 0 fully saturated rings. The fraction of sp³-hybridized carbons (Fsp3) is 0.500. The quantitative estimate of drug-likeness (QED) is 0.522. The average molecular weight is 183 g/mol. The van der Waals surface area contributed by atoms with E-state index in [4.69, 9.17) is 4.74 Å². The van der Waals surface area contributed by atoms with Crippen LogP contribution in [0, 0.1) is 0 Å². The van der Waals surface area contributed by atoms with Crippen molar-refractivity contribution in [2.24, 2.45) is 4.99 Å². The van der Waals surface area contributed by atoms with Gasteiger partial charge in [0.15, 0.2) is 0 Å². The second-order valence-electron chi connectivity index (χ2n) is 2.50. The summed E-state index contributed by atoms with van der Waals surface area (Å²) in [7, 11) is 1.56. The van der Waals surface area contributed by atoms with Crippen LogP contribution >= 0.6 is 0 Å². The standard InChI is InChI=1S/C10H17NO2/c1-4-7-11-9(6-8-13-3)10(12)5-2/h4,6-8,10,12H,5H2,1-3H3/b7-4-,8-6+,11-9+. The van der Waals surface area contributed by atoms with Crippen LogP contribution in [0.15, 0.2) is 29.6 Å². The van der Waals surface area contributed by atoms with Gasteiger partial charge in [0.25, 0.3) is 0 Å². The summed E-state index contributed by atoms with van der Waals surface area (Å²) < 4.78 is 4.75. The molecule has 0 saturated heterocycles. The normalized spacial score (nSPS) is 15.5. The molecule has 0 aromatic rings. The first-order valence-corrected chi connectivity index (χ1v) is 4.32. The van der Waals surface area contributed by atoms with Crippen LogP contribution in [0.1, 0.15) is 20.3 Å². The molecule has 0 spiro atoms. The molecule has 0 rings (SSSR count). The number of aliphatic hydroxyl groups excluding tert-OH is 1. The third kappa shape index (κ3) is 5.20. The summed E-state index contributed by atoms with van der Waals surface area (Å²) in [4.78, 5) is 4.07. The fourth-order valence-electron chi connectivity index (χ4n) is 0.748. The second kappa shape index (κ2) is 7.55. The van der Waals surface area contributed by atoms with Crippen molar-refractivity contribution in [1.29, 1.82) is 0 Å². The predicted molar refractivity (Wildman–Crippen MR) is 54.7 cm³/mol. The van der Waals surface area contributed by atoms with Gasteiger partial charge in [-0.15, -0.1) is 0 Å². The molecule has 0 aromatic carbocycles. The maximum Gasteiger partial charge on any atom is 0.0958 e. The van der Waals surface area contributed by atoms with Crippen LogP contribution in [-0.4, -0.2) is 24.0 Å². The van der Waals surface area contributed by atoms with Crippen LogP contribution < -0.4 is 0 Å². The highest BCUT2D eigenvalue weighted by Crippen LogP contribution is 1.97. The number of allylic oxidation sites excluding steroid dienone is 1. The molecule has 0 saturated carbocycles. The zero-order valence-corrected chi connectivity index (χ0v) is 8.40. The lowest BCUT2D eigenvalue weighted by molar-refractivity contribution is 0.238. The predicted octanol–water partition coefficient (Wildman–Crippen LogP) is 1.89. The topological polar surface area (TPSA) is 41.8 Å². The smallest absolute Gasteiger partial charge is 0.0958 e. The average Bonchev–Trinajstić information content (AvgIpc) is 2.17. The molecule has 1 N–H and O–H groups in total. The Morgan fingerprint density at radius 2 is 2.31 bits per heavy atom. The lowest BCUT2D eigenvalue weighted by atomic mass is 10.1. The monoisotopic (exact) mass is 183 g/mol. The van der Waals surface area contributed by atoms with Crippen molar-refractivity contribution in [2.75, 3.05) is 7.11 Å². The first-order chi connectivity index (χ1) is 6.26. The molecule has 1 unspecified atom stereocenters. The molecule has 0 heterocycles. The SMILES string of the molecule is C\C=C/N=C(\C=C\OC)C(O)CC. The van der Waals surface area contributed by atoms with Crippen molar-refractivity contribution in [2.45, 2.75) is 26.4 Å². The van der Waals surface area contributed by atoms with Crippen LogP contribution in [0.25, 0.3) is 0 Å². The highest BCUT2D eigenvalue weighted by atomic mass is 16.5. The molecule has 13 heavy (non-hydrogen) atoms. The first-order valence-electron chi connectivity index (χ1n) is 4.32. The molecule has 0 aromatic heterocycles. The zero-order valence-electron chi connectivity index (χ0n) is 8.40. The van der Waals surface area contributed by atoms with Crippen LogP contribution in [0.3, 0.4) is 0 Å². The highest BCUT2D eigenvalue weighted by molar-refractivity contribution is 5.98. The van der Waals surface area contributed by atoms with Crippen molar-refractivity contribution in [3.8, 4) is 0 Å². The van der Waals surface area contributed by atoms with Crippen molar-refractivity contribution in [1.82, 2.24) is 0 Å². The van der Waals surface area contributed by atoms with Crippen molar-refractivity contribution < 1.29 is 9.84 Å². The number of aliphatic hydroxyl groups is 1. The van der Waals surface area contributed by atoms with E-state index < -0.39 is 6.10 Å². The summed E-state index contributed by atoms with van der Waals surface area (Å²) in [6.45, 7) is 3.77. The minimum Gasteiger partial charge on any atom is -0.504 e. The Kier molecular flexibility index (Phi) is 6.92. The minimum absolute atomic E-state index is 0.525. The Balaban J connectivity index is 4.44. The summed E-state index contributed by atoms with van der Waals surface area (Å²) in [6.07, 6.45) is 6.74. The lowest BCUT2D eigenvalue weighted by Gasteiger charge is -2.06. The van der Waals surface area contributed by atoms with Gasteiger partial charge in [0.1, 0.15) is 0 Å². The summed E-state index contributed by atoms with van der Waals surface area (Å²) >= 11 is 0. The summed E-state index contributed by atoms with van der Waals surface area (Å²) in [6, 6.07) is 0. The molecule has 0 aliphatic heterocycles. The van der Waals surface area contributed by atoms with Crippen molar-refractivity contribution in [3.05, 3.63) is 24.6 Å². The van der Waals surface area contributed by atoms with Gasteiger partial charge in [0, 0.05) is 6.20 Å². The number of aliphatic imine (C=N–C) groups is 1. The Hall–Kier alpha value is -1.09. The zero-order chi connectivity index (χ0) is 10.1. The molecule has 0 aliphatic carbocycles. The summed E-state index contributed by atoms with van der Waals surface area (Å²) in [5.74, 6) is 0. The molecule has 0 bridgehead atoms. The van der Waals surface area contributed by atoms with Crippen molar-refractivity contribution in [3.63, 3.8) is 0 Å². The van der Waals surface area contributed by atoms with Crippen LogP contribution in [0.2, 0.25) is 0 Å². The fourth-order valence-corrected chi connectivity index (χ4v) is 0.748. The van der Waals surface area contributed by atoms with Gasteiger partial charge in [0.2, 0.25) is 0 Å². The van der Waals surface area contributed by atoms with Gasteiger partial charge in [-0.25, -0.2) is 0 Å². The molecule has 0 radical (unpaired) electrons. The van der Waals surface area contributed by atoms with E-state index in [1.54, 1.807) is 19.4 Å². The Bertz CT molecular complexity index is 207. The third-order valence-corrected chi connectivity index (χ3v) is 1.48. The van der Waals surface area contributed by atoms with Gasteiger partial charge in [-0.05, 0) is 19.4 Å². The van der Waals surface area contributed by atoms with E-state index in [0.717, 1.165) is 0 Å². The Labute approximate surface area is 79.4 Å². The van der Waals surface area contributed by atoms with E-state index >= 15 is 0 Å². The van der Waals surface area contributed by atoms with Gasteiger partial charge in [-0.3, -0.25) is 4.99 Å². The summed E-state index contributed by atoms with van der Waals surface area (Å²) in [5.41, 5.74) is 0.613. The lowest BCUT2D eigenvalue weighted by Crippen LogP contribution is -2.16. The van der Waals surface area contributed by atoms with Crippen molar-refractivity contribution >= 4 is 5.71 Å². The van der Waals surface area contributed by atoms with E-state index in [9.17, 15) is 5.11 Å². The van der Waals surface area contributed by atoms with Gasteiger partial charge < -0.3 is 9.84 Å². The van der Waals surface area contributed by atoms with Crippen LogP contribution in [0.5, 0.6) is 0 Å². The van der Waals surface area contributed by atoms with Gasteiger partial charge >= 0.3 is 0 Å². The Morgan fingerprint density at radius 3 is 2.77 bits per heavy atom. The van der Waals surface area contributed by atoms with Gasteiger partial charge in [-0.2, -0.15) is 0 Å². The van der Waals surface area contributed by atoms with Crippen LogP contribution in [-0.2, 0) is 4.74 Å². The van der Waals surface area contributed by atoms with Crippen LogP contribution in [0.4, 0.5) is 0 Å². The Morgan fingerprint density at radius 1 is 1.62 bits per heavy atom. The second-order valence-corrected chi connectivity index (χ2v) is 2.50. The number of rotatable bonds is 5. The molecule has 0 aliphatic rings. The number of methoxy groups -OCH3 is 1. The molecule has 1 atom stereocenters. The van der Waals surface area contributed by atoms with E-state index in [-0.39, 0.29) is 0 Å². The summed E-state index contributed by atoms with van der Waals surface area (Å²) in [5, 5.41) is 9.50. The van der Waals surface area contributed by atoms with E-state index in [1.165, 1.54) is 6.26 Å². The van der Waals surface area contributed by atoms with Gasteiger partial charge in [-0.1, -0.05) is 13.0 Å². The number of hydrogen-bond donors (Lipinski definition) is 1. The molecular weight excluding hydrogens is 166 g/mol. The molecule has 0 amide bonds. The highest BCUT2D eigenvalue weighted by Gasteiger charge is 2.05. The van der Waals surface area contributed by atoms with E-state index in [1.807, 2.05) is 19.9 Å². The molecular formula is C10H17NO2. The maximum absolute atomic E-state index is 9.50. The largest absolute Gasteiger partial charge is 0.504 e. The number of hydrogen-bond acceptors (Lipinski definition) is 3. The minimum atomic E-state index is -0.525. The first kappa shape index (κ1) is 11.9. The van der Waals surface area contributed by atoms with Gasteiger partial charge in [0.05, 0.1) is 25.2 Å². The van der Waals surface area contributed by atoms with E-state index in [0.29, 0.717) is 12.1 Å². The molecule has 3 nitrogen and oxygen atoms in total. The number of nitrogens with zero attached hydrogens (tertiary/aromatic N) is 1. The third-order valence-electron chi connectivity index (χ3n) is 1.48.